The van der Waals surface area contributed by atoms with Gasteiger partial charge in [0, 0.05) is 12.1 Å². The molecule has 0 aliphatic heterocycles. The molecule has 1 N–H and O–H groups in total. The van der Waals surface area contributed by atoms with E-state index in [1.165, 1.54) is 0 Å². The highest BCUT2D eigenvalue weighted by Gasteiger charge is 2.08. The van der Waals surface area contributed by atoms with Crippen LogP contribution in [0.4, 0.5) is 5.69 Å². The van der Waals surface area contributed by atoms with Crippen LogP contribution in [-0.2, 0) is 16.0 Å². The van der Waals surface area contributed by atoms with Crippen LogP contribution in [0.15, 0.2) is 54.6 Å². The van der Waals surface area contributed by atoms with Crippen LogP contribution in [0.5, 0.6) is 0 Å². The molecule has 0 aliphatic rings. The van der Waals surface area contributed by atoms with Gasteiger partial charge in [-0.3, -0.25) is 4.79 Å². The van der Waals surface area contributed by atoms with Gasteiger partial charge >= 0.3 is 5.97 Å². The van der Waals surface area contributed by atoms with Crippen LogP contribution >= 0.6 is 0 Å². The second-order valence-electron chi connectivity index (χ2n) is 6.31. The molecule has 0 fully saturated rings. The van der Waals surface area contributed by atoms with Gasteiger partial charge in [0.05, 0.1) is 12.2 Å². The van der Waals surface area contributed by atoms with Gasteiger partial charge in [-0.2, -0.15) is 0 Å². The molecular formula is C22H27NO3. The van der Waals surface area contributed by atoms with Gasteiger partial charge in [0.25, 0.3) is 0 Å². The number of ether oxygens (including phenoxy) is 1. The number of carbonyl (C=O) groups is 2. The highest BCUT2D eigenvalue weighted by atomic mass is 16.5. The molecule has 0 unspecified atom stereocenters. The molecule has 2 rings (SSSR count). The quantitative estimate of drug-likeness (QED) is 0.483. The van der Waals surface area contributed by atoms with Crippen LogP contribution < -0.4 is 5.32 Å². The minimum Gasteiger partial charge on any atom is -0.462 e. The zero-order valence-electron chi connectivity index (χ0n) is 15.4. The molecule has 4 nitrogen and oxygen atoms in total. The zero-order valence-corrected chi connectivity index (χ0v) is 15.4. The Balaban J connectivity index is 1.74. The smallest absolute Gasteiger partial charge is 0.338 e. The average molecular weight is 353 g/mol. The van der Waals surface area contributed by atoms with Crippen LogP contribution in [0.1, 0.15) is 54.9 Å². The third-order valence-corrected chi connectivity index (χ3v) is 4.12. The van der Waals surface area contributed by atoms with Crippen molar-refractivity contribution in [3.05, 3.63) is 65.7 Å². The number of anilines is 1. The van der Waals surface area contributed by atoms with E-state index in [2.05, 4.69) is 12.2 Å². The van der Waals surface area contributed by atoms with Gasteiger partial charge in [-0.25, -0.2) is 4.79 Å². The average Bonchev–Trinajstić information content (AvgIpc) is 2.67. The van der Waals surface area contributed by atoms with Gasteiger partial charge in [0.2, 0.25) is 5.91 Å². The topological polar surface area (TPSA) is 55.4 Å². The Morgan fingerprint density at radius 1 is 0.923 bits per heavy atom. The SMILES string of the molecule is CCCCCCOC(=O)c1ccc(NC(=O)CCc2ccccc2)cc1. The first-order chi connectivity index (χ1) is 12.7. The summed E-state index contributed by atoms with van der Waals surface area (Å²) in [6.07, 6.45) is 5.43. The van der Waals surface area contributed by atoms with E-state index in [0.717, 1.165) is 31.2 Å². The van der Waals surface area contributed by atoms with Crippen molar-refractivity contribution in [3.63, 3.8) is 0 Å². The van der Waals surface area contributed by atoms with Crippen molar-refractivity contribution in [1.29, 1.82) is 0 Å². The molecule has 26 heavy (non-hydrogen) atoms. The molecular weight excluding hydrogens is 326 g/mol. The predicted molar refractivity (Wildman–Crippen MR) is 104 cm³/mol. The van der Waals surface area contributed by atoms with Crippen molar-refractivity contribution < 1.29 is 14.3 Å². The first kappa shape index (κ1) is 19.7. The molecule has 0 bridgehead atoms. The van der Waals surface area contributed by atoms with E-state index >= 15 is 0 Å². The Kier molecular flexibility index (Phi) is 8.40. The maximum atomic E-state index is 12.0. The van der Waals surface area contributed by atoms with Gasteiger partial charge in [-0.15, -0.1) is 0 Å². The van der Waals surface area contributed by atoms with Crippen LogP contribution in [-0.4, -0.2) is 18.5 Å². The molecule has 0 radical (unpaired) electrons. The number of nitrogens with one attached hydrogen (secondary N) is 1. The second kappa shape index (κ2) is 11.1. The Morgan fingerprint density at radius 3 is 2.35 bits per heavy atom. The summed E-state index contributed by atoms with van der Waals surface area (Å²) < 4.78 is 5.26. The van der Waals surface area contributed by atoms with Crippen molar-refractivity contribution in [2.45, 2.75) is 45.4 Å². The fraction of sp³-hybridized carbons (Fsp3) is 0.364. The van der Waals surface area contributed by atoms with Gasteiger partial charge in [0.15, 0.2) is 0 Å². The maximum absolute atomic E-state index is 12.0. The number of benzene rings is 2. The summed E-state index contributed by atoms with van der Waals surface area (Å²) in [7, 11) is 0. The Morgan fingerprint density at radius 2 is 1.65 bits per heavy atom. The number of carbonyl (C=O) groups excluding carboxylic acids is 2. The number of amides is 1. The number of hydrogen-bond donors (Lipinski definition) is 1. The Labute approximate surface area is 155 Å². The third-order valence-electron chi connectivity index (χ3n) is 4.12. The van der Waals surface area contributed by atoms with Crippen molar-refractivity contribution in [2.24, 2.45) is 0 Å². The highest BCUT2D eigenvalue weighted by Crippen LogP contribution is 2.12. The molecule has 0 saturated carbocycles. The summed E-state index contributed by atoms with van der Waals surface area (Å²) >= 11 is 0. The molecule has 138 valence electrons. The highest BCUT2D eigenvalue weighted by molar-refractivity contribution is 5.93. The monoisotopic (exact) mass is 353 g/mol. The molecule has 2 aromatic rings. The first-order valence-corrected chi connectivity index (χ1v) is 9.30. The zero-order chi connectivity index (χ0) is 18.6. The fourth-order valence-corrected chi connectivity index (χ4v) is 2.59. The van der Waals surface area contributed by atoms with Crippen molar-refractivity contribution in [3.8, 4) is 0 Å². The number of rotatable bonds is 10. The number of esters is 1. The van der Waals surface area contributed by atoms with Gasteiger partial charge in [0.1, 0.15) is 0 Å². The lowest BCUT2D eigenvalue weighted by molar-refractivity contribution is -0.116. The van der Waals surface area contributed by atoms with Crippen molar-refractivity contribution in [2.75, 3.05) is 11.9 Å². The summed E-state index contributed by atoms with van der Waals surface area (Å²) in [6, 6.07) is 16.7. The minimum atomic E-state index is -0.316. The molecule has 1 amide bonds. The van der Waals surface area contributed by atoms with E-state index in [-0.39, 0.29) is 11.9 Å². The lowest BCUT2D eigenvalue weighted by Crippen LogP contribution is -2.12. The normalized spacial score (nSPS) is 10.3. The second-order valence-corrected chi connectivity index (χ2v) is 6.31. The molecule has 0 aliphatic carbocycles. The van der Waals surface area contributed by atoms with Crippen LogP contribution in [0.3, 0.4) is 0 Å². The molecule has 0 heterocycles. The fourth-order valence-electron chi connectivity index (χ4n) is 2.59. The van der Waals surface area contributed by atoms with E-state index < -0.39 is 0 Å². The van der Waals surface area contributed by atoms with Crippen LogP contribution in [0.2, 0.25) is 0 Å². The molecule has 0 atom stereocenters. The third kappa shape index (κ3) is 7.09. The summed E-state index contributed by atoms with van der Waals surface area (Å²) in [4.78, 5) is 24.0. The maximum Gasteiger partial charge on any atom is 0.338 e. The summed E-state index contributed by atoms with van der Waals surface area (Å²) in [5, 5.41) is 2.85. The lowest BCUT2D eigenvalue weighted by atomic mass is 10.1. The summed E-state index contributed by atoms with van der Waals surface area (Å²) in [5.74, 6) is -0.358. The summed E-state index contributed by atoms with van der Waals surface area (Å²) in [5.41, 5.74) is 2.32. The van der Waals surface area contributed by atoms with Crippen LogP contribution in [0.25, 0.3) is 0 Å². The van der Waals surface area contributed by atoms with Crippen molar-refractivity contribution >= 4 is 17.6 Å². The lowest BCUT2D eigenvalue weighted by Gasteiger charge is -2.07. The van der Waals surface area contributed by atoms with E-state index in [1.54, 1.807) is 24.3 Å². The Hall–Kier alpha value is -2.62. The van der Waals surface area contributed by atoms with E-state index in [0.29, 0.717) is 30.7 Å². The molecule has 0 aromatic heterocycles. The van der Waals surface area contributed by atoms with Crippen LogP contribution in [0, 0.1) is 0 Å². The number of unbranched alkanes of at least 4 members (excludes halogenated alkanes) is 3. The summed E-state index contributed by atoms with van der Waals surface area (Å²) in [6.45, 7) is 2.60. The minimum absolute atomic E-state index is 0.0416. The molecule has 0 spiro atoms. The van der Waals surface area contributed by atoms with Gasteiger partial charge in [-0.05, 0) is 42.7 Å². The van der Waals surface area contributed by atoms with Crippen molar-refractivity contribution in [1.82, 2.24) is 0 Å². The van der Waals surface area contributed by atoms with E-state index in [1.807, 2.05) is 30.3 Å². The first-order valence-electron chi connectivity index (χ1n) is 9.30. The predicted octanol–water partition coefficient (Wildman–Crippen LogP) is 5.00. The Bertz CT molecular complexity index is 680. The van der Waals surface area contributed by atoms with E-state index in [4.69, 9.17) is 4.74 Å². The largest absolute Gasteiger partial charge is 0.462 e. The van der Waals surface area contributed by atoms with Gasteiger partial charge < -0.3 is 10.1 Å². The molecule has 0 saturated heterocycles. The van der Waals surface area contributed by atoms with Gasteiger partial charge in [-0.1, -0.05) is 56.5 Å². The molecule has 4 heteroatoms. The number of aryl methyl sites for hydroxylation is 1. The van der Waals surface area contributed by atoms with E-state index in [9.17, 15) is 9.59 Å². The number of hydrogen-bond acceptors (Lipinski definition) is 3. The standard InChI is InChI=1S/C22H27NO3/c1-2-3-4-8-17-26-22(25)19-12-14-20(15-13-19)23-21(24)16-11-18-9-6-5-7-10-18/h5-7,9-10,12-15H,2-4,8,11,16-17H2,1H3,(H,23,24). The molecule has 2 aromatic carbocycles.